The molecule has 4 rings (SSSR count). The first-order chi connectivity index (χ1) is 11.2. The third kappa shape index (κ3) is 2.51. The van der Waals surface area contributed by atoms with E-state index in [9.17, 15) is 0 Å². The lowest BCUT2D eigenvalue weighted by molar-refractivity contribution is 0.620. The third-order valence-corrected chi connectivity index (χ3v) is 3.77. The van der Waals surface area contributed by atoms with E-state index in [4.69, 9.17) is 15.9 Å². The number of fused-ring (bicyclic) bond motifs is 1. The summed E-state index contributed by atoms with van der Waals surface area (Å²) in [6.45, 7) is 0. The Bertz CT molecular complexity index is 987. The number of nitrogens with two attached hydrogens (primary N) is 2. The summed E-state index contributed by atoms with van der Waals surface area (Å²) in [5.74, 6) is 0.586. The van der Waals surface area contributed by atoms with Crippen LogP contribution in [0.5, 0.6) is 0 Å². The van der Waals surface area contributed by atoms with Crippen molar-refractivity contribution in [1.29, 1.82) is 0 Å². The van der Waals surface area contributed by atoms with Crippen molar-refractivity contribution in [3.8, 4) is 22.6 Å². The number of hydrogen-bond acceptors (Lipinski definition) is 4. The molecule has 23 heavy (non-hydrogen) atoms. The van der Waals surface area contributed by atoms with Crippen LogP contribution in [0.15, 0.2) is 71.1 Å². The minimum absolute atomic E-state index is 0.586. The van der Waals surface area contributed by atoms with Crippen molar-refractivity contribution in [2.45, 2.75) is 0 Å². The van der Waals surface area contributed by atoms with Crippen molar-refractivity contribution < 1.29 is 4.42 Å². The lowest BCUT2D eigenvalue weighted by atomic mass is 10.0. The van der Waals surface area contributed by atoms with E-state index in [0.29, 0.717) is 17.2 Å². The molecule has 0 aliphatic heterocycles. The van der Waals surface area contributed by atoms with E-state index in [1.165, 1.54) is 0 Å². The summed E-state index contributed by atoms with van der Waals surface area (Å²) >= 11 is 0. The first-order valence-corrected chi connectivity index (χ1v) is 7.31. The predicted molar refractivity (Wildman–Crippen MR) is 93.7 cm³/mol. The standard InChI is InChI=1S/C19H15N3O/c20-15-6-4-12(5-7-15)13-2-1-3-14(10-13)19-22-17-9-8-16(21)11-18(17)23-19/h1-11H,20-21H2. The second kappa shape index (κ2) is 5.18. The van der Waals surface area contributed by atoms with Crippen LogP contribution in [0.3, 0.4) is 0 Å². The Labute approximate surface area is 133 Å². The number of benzene rings is 3. The Morgan fingerprint density at radius 1 is 0.696 bits per heavy atom. The molecule has 0 bridgehead atoms. The van der Waals surface area contributed by atoms with Gasteiger partial charge in [-0.2, -0.15) is 0 Å². The number of hydrogen-bond donors (Lipinski definition) is 2. The number of nitrogens with zero attached hydrogens (tertiary/aromatic N) is 1. The molecule has 0 unspecified atom stereocenters. The molecule has 3 aromatic carbocycles. The molecule has 0 atom stereocenters. The van der Waals surface area contributed by atoms with Gasteiger partial charge < -0.3 is 15.9 Å². The zero-order valence-corrected chi connectivity index (χ0v) is 12.4. The quantitative estimate of drug-likeness (QED) is 0.540. The first-order valence-electron chi connectivity index (χ1n) is 7.31. The maximum absolute atomic E-state index is 5.83. The summed E-state index contributed by atoms with van der Waals surface area (Å²) in [6.07, 6.45) is 0. The summed E-state index contributed by atoms with van der Waals surface area (Å²) in [5, 5.41) is 0. The largest absolute Gasteiger partial charge is 0.436 e. The van der Waals surface area contributed by atoms with Crippen LogP contribution in [0.25, 0.3) is 33.7 Å². The molecule has 1 aromatic heterocycles. The highest BCUT2D eigenvalue weighted by Crippen LogP contribution is 2.29. The van der Waals surface area contributed by atoms with Crippen LogP contribution >= 0.6 is 0 Å². The fourth-order valence-electron chi connectivity index (χ4n) is 2.57. The van der Waals surface area contributed by atoms with Gasteiger partial charge in [0.25, 0.3) is 0 Å². The second-order valence-electron chi connectivity index (χ2n) is 5.45. The van der Waals surface area contributed by atoms with Crippen molar-refractivity contribution in [2.75, 3.05) is 11.5 Å². The highest BCUT2D eigenvalue weighted by molar-refractivity contribution is 5.80. The number of rotatable bonds is 2. The van der Waals surface area contributed by atoms with Crippen LogP contribution in [0, 0.1) is 0 Å². The third-order valence-electron chi connectivity index (χ3n) is 3.77. The fourth-order valence-corrected chi connectivity index (χ4v) is 2.57. The molecule has 0 saturated carbocycles. The minimum atomic E-state index is 0.586. The van der Waals surface area contributed by atoms with Gasteiger partial charge in [-0.25, -0.2) is 4.98 Å². The van der Waals surface area contributed by atoms with Crippen LogP contribution in [-0.2, 0) is 0 Å². The van der Waals surface area contributed by atoms with Gasteiger partial charge in [0.15, 0.2) is 5.58 Å². The van der Waals surface area contributed by atoms with Gasteiger partial charge in [0, 0.05) is 23.0 Å². The van der Waals surface area contributed by atoms with E-state index < -0.39 is 0 Å². The van der Waals surface area contributed by atoms with Gasteiger partial charge in [-0.15, -0.1) is 0 Å². The summed E-state index contributed by atoms with van der Waals surface area (Å²) < 4.78 is 5.83. The number of nitrogen functional groups attached to an aromatic ring is 2. The molecule has 0 amide bonds. The smallest absolute Gasteiger partial charge is 0.227 e. The summed E-state index contributed by atoms with van der Waals surface area (Å²) in [4.78, 5) is 4.53. The Morgan fingerprint density at radius 3 is 2.26 bits per heavy atom. The Morgan fingerprint density at radius 2 is 1.43 bits per heavy atom. The molecule has 0 aliphatic carbocycles. The minimum Gasteiger partial charge on any atom is -0.436 e. The van der Waals surface area contributed by atoms with Gasteiger partial charge in [0.2, 0.25) is 5.89 Å². The summed E-state index contributed by atoms with van der Waals surface area (Å²) in [5.41, 5.74) is 17.5. The van der Waals surface area contributed by atoms with E-state index >= 15 is 0 Å². The van der Waals surface area contributed by atoms with Crippen molar-refractivity contribution in [3.63, 3.8) is 0 Å². The molecule has 0 fully saturated rings. The van der Waals surface area contributed by atoms with Crippen LogP contribution in [-0.4, -0.2) is 4.98 Å². The van der Waals surface area contributed by atoms with E-state index in [1.807, 2.05) is 48.5 Å². The van der Waals surface area contributed by atoms with E-state index in [-0.39, 0.29) is 0 Å². The molecule has 0 aliphatic rings. The van der Waals surface area contributed by atoms with E-state index in [2.05, 4.69) is 17.1 Å². The van der Waals surface area contributed by atoms with E-state index in [1.54, 1.807) is 6.07 Å². The summed E-state index contributed by atoms with van der Waals surface area (Å²) in [7, 11) is 0. The highest BCUT2D eigenvalue weighted by Gasteiger charge is 2.09. The van der Waals surface area contributed by atoms with Gasteiger partial charge >= 0.3 is 0 Å². The van der Waals surface area contributed by atoms with Crippen molar-refractivity contribution >= 4 is 22.5 Å². The monoisotopic (exact) mass is 301 g/mol. The number of aromatic nitrogens is 1. The highest BCUT2D eigenvalue weighted by atomic mass is 16.3. The average Bonchev–Trinajstić information content (AvgIpc) is 2.99. The molecule has 4 N–H and O–H groups in total. The van der Waals surface area contributed by atoms with E-state index in [0.717, 1.165) is 27.9 Å². The Balaban J connectivity index is 1.79. The van der Waals surface area contributed by atoms with Gasteiger partial charge in [-0.05, 0) is 47.5 Å². The SMILES string of the molecule is Nc1ccc(-c2cccc(-c3nc4ccc(N)cc4o3)c2)cc1. The zero-order valence-electron chi connectivity index (χ0n) is 12.4. The predicted octanol–water partition coefficient (Wildman–Crippen LogP) is 4.33. The topological polar surface area (TPSA) is 78.1 Å². The van der Waals surface area contributed by atoms with Gasteiger partial charge in [-0.3, -0.25) is 0 Å². The van der Waals surface area contributed by atoms with Crippen molar-refractivity contribution in [2.24, 2.45) is 0 Å². The molecule has 0 radical (unpaired) electrons. The molecule has 4 heteroatoms. The Hall–Kier alpha value is -3.27. The molecule has 1 heterocycles. The molecule has 0 saturated heterocycles. The van der Waals surface area contributed by atoms with Gasteiger partial charge in [0.05, 0.1) is 0 Å². The maximum Gasteiger partial charge on any atom is 0.227 e. The lowest BCUT2D eigenvalue weighted by Crippen LogP contribution is -1.85. The zero-order chi connectivity index (χ0) is 15.8. The van der Waals surface area contributed by atoms with Crippen LogP contribution < -0.4 is 11.5 Å². The number of anilines is 2. The number of oxazole rings is 1. The van der Waals surface area contributed by atoms with Gasteiger partial charge in [0.1, 0.15) is 5.52 Å². The molecule has 4 aromatic rings. The van der Waals surface area contributed by atoms with Crippen LogP contribution in [0.4, 0.5) is 11.4 Å². The molecule has 112 valence electrons. The second-order valence-corrected chi connectivity index (χ2v) is 5.45. The average molecular weight is 301 g/mol. The van der Waals surface area contributed by atoms with Gasteiger partial charge in [-0.1, -0.05) is 24.3 Å². The first kappa shape index (κ1) is 13.4. The molecular weight excluding hydrogens is 286 g/mol. The Kier molecular flexibility index (Phi) is 3.01. The normalized spacial score (nSPS) is 11.0. The van der Waals surface area contributed by atoms with Crippen molar-refractivity contribution in [3.05, 3.63) is 66.7 Å². The van der Waals surface area contributed by atoms with Crippen molar-refractivity contribution in [1.82, 2.24) is 4.98 Å². The lowest BCUT2D eigenvalue weighted by Gasteiger charge is -2.04. The molecular formula is C19H15N3O. The fraction of sp³-hybridized carbons (Fsp3) is 0. The summed E-state index contributed by atoms with van der Waals surface area (Å²) in [6, 6.07) is 21.3. The maximum atomic E-state index is 5.83. The molecule has 0 spiro atoms. The van der Waals surface area contributed by atoms with Crippen LogP contribution in [0.1, 0.15) is 0 Å². The van der Waals surface area contributed by atoms with Crippen LogP contribution in [0.2, 0.25) is 0 Å². The molecule has 4 nitrogen and oxygen atoms in total.